The minimum absolute atomic E-state index is 0.0836. The molecule has 3 rings (SSSR count). The first-order valence-electron chi connectivity index (χ1n) is 8.80. The van der Waals surface area contributed by atoms with Gasteiger partial charge in [-0.1, -0.05) is 42.5 Å². The Morgan fingerprint density at radius 3 is 2.63 bits per heavy atom. The first-order chi connectivity index (χ1) is 13.0. The van der Waals surface area contributed by atoms with Crippen LogP contribution in [0.2, 0.25) is 0 Å². The van der Waals surface area contributed by atoms with Crippen LogP contribution in [0.15, 0.2) is 59.7 Å². The van der Waals surface area contributed by atoms with Gasteiger partial charge in [-0.05, 0) is 30.0 Å². The Morgan fingerprint density at radius 1 is 1.15 bits per heavy atom. The summed E-state index contributed by atoms with van der Waals surface area (Å²) in [4.78, 5) is 11.9. The van der Waals surface area contributed by atoms with Crippen LogP contribution in [-0.2, 0) is 21.2 Å². The third-order valence-electron chi connectivity index (χ3n) is 4.35. The molecule has 1 saturated heterocycles. The molecule has 0 saturated carbocycles. The van der Waals surface area contributed by atoms with E-state index in [-0.39, 0.29) is 29.8 Å². The lowest BCUT2D eigenvalue weighted by molar-refractivity contribution is -0.121. The number of hydrogen-bond acceptors (Lipinski definition) is 5. The number of para-hydroxylation sites is 1. The van der Waals surface area contributed by atoms with Gasteiger partial charge in [0.2, 0.25) is 5.91 Å². The third-order valence-corrected chi connectivity index (χ3v) is 6.19. The van der Waals surface area contributed by atoms with Gasteiger partial charge in [0, 0.05) is 12.0 Å². The highest BCUT2D eigenvalue weighted by atomic mass is 32.2. The maximum atomic E-state index is 11.9. The number of carbonyl (C=O) groups is 1. The molecule has 27 heavy (non-hydrogen) atoms. The molecule has 1 heterocycles. The summed E-state index contributed by atoms with van der Waals surface area (Å²) in [5.74, 6) is 0.518. The van der Waals surface area contributed by atoms with Gasteiger partial charge in [0.1, 0.15) is 12.4 Å². The van der Waals surface area contributed by atoms with Crippen LogP contribution in [0.25, 0.3) is 0 Å². The first-order valence-corrected chi connectivity index (χ1v) is 10.6. The number of sulfone groups is 1. The average Bonchev–Trinajstić information content (AvgIpc) is 3.00. The fraction of sp³-hybridized carbons (Fsp3) is 0.300. The number of carbonyl (C=O) groups excluding carboxylic acids is 1. The van der Waals surface area contributed by atoms with Gasteiger partial charge in [-0.3, -0.25) is 4.79 Å². The predicted molar refractivity (Wildman–Crippen MR) is 104 cm³/mol. The van der Waals surface area contributed by atoms with Crippen LogP contribution in [0.1, 0.15) is 24.0 Å². The Kier molecular flexibility index (Phi) is 6.24. The smallest absolute Gasteiger partial charge is 0.240 e. The molecule has 0 radical (unpaired) electrons. The minimum Gasteiger partial charge on any atom is -0.488 e. The molecular formula is C20H22N2O4S. The molecule has 0 aromatic heterocycles. The van der Waals surface area contributed by atoms with E-state index in [1.807, 2.05) is 54.6 Å². The van der Waals surface area contributed by atoms with Gasteiger partial charge in [0.05, 0.1) is 17.7 Å². The molecule has 6 nitrogen and oxygen atoms in total. The zero-order valence-electron chi connectivity index (χ0n) is 14.9. The van der Waals surface area contributed by atoms with Crippen LogP contribution < -0.4 is 10.2 Å². The number of hydrazone groups is 1. The van der Waals surface area contributed by atoms with Gasteiger partial charge in [0.25, 0.3) is 0 Å². The average molecular weight is 386 g/mol. The highest BCUT2D eigenvalue weighted by molar-refractivity contribution is 7.91. The van der Waals surface area contributed by atoms with Crippen molar-refractivity contribution in [3.05, 3.63) is 65.7 Å². The minimum atomic E-state index is -2.97. The van der Waals surface area contributed by atoms with E-state index in [4.69, 9.17) is 4.74 Å². The van der Waals surface area contributed by atoms with Crippen molar-refractivity contribution < 1.29 is 17.9 Å². The van der Waals surface area contributed by atoms with Crippen molar-refractivity contribution in [1.29, 1.82) is 0 Å². The van der Waals surface area contributed by atoms with Gasteiger partial charge in [-0.25, -0.2) is 13.8 Å². The molecule has 1 atom stereocenters. The molecule has 2 aromatic rings. The van der Waals surface area contributed by atoms with E-state index in [9.17, 15) is 13.2 Å². The van der Waals surface area contributed by atoms with E-state index >= 15 is 0 Å². The highest BCUT2D eigenvalue weighted by Crippen LogP contribution is 2.21. The van der Waals surface area contributed by atoms with E-state index in [2.05, 4.69) is 10.5 Å². The molecule has 1 aliphatic rings. The molecule has 0 spiro atoms. The number of rotatable bonds is 7. The number of ether oxygens (including phenoxy) is 1. The monoisotopic (exact) mass is 386 g/mol. The Hall–Kier alpha value is -2.67. The van der Waals surface area contributed by atoms with Crippen molar-refractivity contribution in [2.75, 3.05) is 11.5 Å². The van der Waals surface area contributed by atoms with Crippen LogP contribution in [-0.4, -0.2) is 32.0 Å². The topological polar surface area (TPSA) is 84.8 Å². The van der Waals surface area contributed by atoms with Crippen molar-refractivity contribution in [2.24, 2.45) is 11.0 Å². The summed E-state index contributed by atoms with van der Waals surface area (Å²) in [6.07, 6.45) is 2.24. The maximum Gasteiger partial charge on any atom is 0.240 e. The fourth-order valence-corrected chi connectivity index (χ4v) is 4.83. The molecular weight excluding hydrogens is 364 g/mol. The molecule has 0 unspecified atom stereocenters. The summed E-state index contributed by atoms with van der Waals surface area (Å²) in [7, 11) is -2.97. The van der Waals surface area contributed by atoms with Gasteiger partial charge < -0.3 is 4.74 Å². The van der Waals surface area contributed by atoms with Crippen molar-refractivity contribution in [2.45, 2.75) is 19.4 Å². The molecule has 1 amide bonds. The van der Waals surface area contributed by atoms with E-state index in [0.717, 1.165) is 11.1 Å². The third kappa shape index (κ3) is 5.92. The molecule has 1 fully saturated rings. The highest BCUT2D eigenvalue weighted by Gasteiger charge is 2.29. The van der Waals surface area contributed by atoms with Gasteiger partial charge in [-0.15, -0.1) is 0 Å². The lowest BCUT2D eigenvalue weighted by atomic mass is 10.1. The van der Waals surface area contributed by atoms with Crippen molar-refractivity contribution in [1.82, 2.24) is 5.43 Å². The second-order valence-electron chi connectivity index (χ2n) is 6.58. The van der Waals surface area contributed by atoms with E-state index in [1.165, 1.54) is 6.21 Å². The van der Waals surface area contributed by atoms with Gasteiger partial charge >= 0.3 is 0 Å². The SMILES string of the molecule is O=C(C[C@H]1CCS(=O)(=O)C1)N/N=C\c1ccccc1OCc1ccccc1. The number of hydrogen-bond donors (Lipinski definition) is 1. The summed E-state index contributed by atoms with van der Waals surface area (Å²) < 4.78 is 28.7. The quantitative estimate of drug-likeness (QED) is 0.585. The van der Waals surface area contributed by atoms with E-state index in [1.54, 1.807) is 0 Å². The van der Waals surface area contributed by atoms with Crippen molar-refractivity contribution >= 4 is 22.0 Å². The fourth-order valence-electron chi connectivity index (χ4n) is 2.97. The molecule has 142 valence electrons. The molecule has 7 heteroatoms. The lowest BCUT2D eigenvalue weighted by Crippen LogP contribution is -2.21. The first kappa shape index (κ1) is 19.1. The molecule has 0 bridgehead atoms. The van der Waals surface area contributed by atoms with Crippen LogP contribution in [0, 0.1) is 5.92 Å². The van der Waals surface area contributed by atoms with Gasteiger partial charge in [-0.2, -0.15) is 5.10 Å². The van der Waals surface area contributed by atoms with Gasteiger partial charge in [0.15, 0.2) is 9.84 Å². The molecule has 2 aromatic carbocycles. The Morgan fingerprint density at radius 2 is 1.89 bits per heavy atom. The number of benzene rings is 2. The summed E-state index contributed by atoms with van der Waals surface area (Å²) in [5, 5.41) is 3.98. The largest absolute Gasteiger partial charge is 0.488 e. The number of nitrogens with one attached hydrogen (secondary N) is 1. The summed E-state index contributed by atoms with van der Waals surface area (Å²) >= 11 is 0. The predicted octanol–water partition coefficient (Wildman–Crippen LogP) is 2.54. The molecule has 1 N–H and O–H groups in total. The summed E-state index contributed by atoms with van der Waals surface area (Å²) in [5.41, 5.74) is 4.27. The normalized spacial score (nSPS) is 18.4. The summed E-state index contributed by atoms with van der Waals surface area (Å²) in [6, 6.07) is 17.3. The summed E-state index contributed by atoms with van der Waals surface area (Å²) in [6.45, 7) is 0.439. The van der Waals surface area contributed by atoms with Crippen LogP contribution in [0.3, 0.4) is 0 Å². The maximum absolute atomic E-state index is 11.9. The van der Waals surface area contributed by atoms with Crippen LogP contribution in [0.5, 0.6) is 5.75 Å². The van der Waals surface area contributed by atoms with Crippen molar-refractivity contribution in [3.63, 3.8) is 0 Å². The Balaban J connectivity index is 1.53. The number of nitrogens with zero attached hydrogens (tertiary/aromatic N) is 1. The van der Waals surface area contributed by atoms with Crippen LogP contribution >= 0.6 is 0 Å². The number of amides is 1. The van der Waals surface area contributed by atoms with E-state index in [0.29, 0.717) is 18.8 Å². The Labute approximate surface area is 159 Å². The van der Waals surface area contributed by atoms with Crippen molar-refractivity contribution in [3.8, 4) is 5.75 Å². The lowest BCUT2D eigenvalue weighted by Gasteiger charge is -2.09. The Bertz CT molecular complexity index is 911. The second-order valence-corrected chi connectivity index (χ2v) is 8.81. The zero-order valence-corrected chi connectivity index (χ0v) is 15.7. The standard InChI is InChI=1S/C20H22N2O4S/c23-20(12-17-10-11-27(24,25)15-17)22-21-13-18-8-4-5-9-19(18)26-14-16-6-2-1-3-7-16/h1-9,13,17H,10-12,14-15H2,(H,22,23)/b21-13-/t17-/m1/s1. The zero-order chi connectivity index (χ0) is 19.1. The molecule has 0 aliphatic carbocycles. The van der Waals surface area contributed by atoms with Crippen LogP contribution in [0.4, 0.5) is 0 Å². The van der Waals surface area contributed by atoms with E-state index < -0.39 is 9.84 Å². The molecule has 1 aliphatic heterocycles. The second kappa shape index (κ2) is 8.81.